The van der Waals surface area contributed by atoms with Crippen molar-refractivity contribution in [2.45, 2.75) is 63.4 Å². The Morgan fingerprint density at radius 2 is 1.88 bits per heavy atom. The molecule has 2 amide bonds. The number of nitrogens with one attached hydrogen (secondary N) is 1. The molecule has 1 aliphatic heterocycles. The molecule has 1 N–H and O–H groups in total. The maximum absolute atomic E-state index is 14.3. The summed E-state index contributed by atoms with van der Waals surface area (Å²) in [5, 5.41) is 3.21. The molecule has 1 saturated heterocycles. The molecule has 4 rings (SSSR count). The van der Waals surface area contributed by atoms with Crippen molar-refractivity contribution in [3.63, 3.8) is 0 Å². The summed E-state index contributed by atoms with van der Waals surface area (Å²) in [5.74, 6) is -0.418. The van der Waals surface area contributed by atoms with Gasteiger partial charge in [0.1, 0.15) is 5.82 Å². The van der Waals surface area contributed by atoms with E-state index in [2.05, 4.69) is 5.32 Å². The monoisotopic (exact) mass is 452 g/mol. The van der Waals surface area contributed by atoms with Crippen LogP contribution in [0.3, 0.4) is 0 Å². The Labute approximate surface area is 193 Å². The topological polar surface area (TPSA) is 49.4 Å². The van der Waals surface area contributed by atoms with Gasteiger partial charge in [-0.25, -0.2) is 4.39 Å². The number of thioether (sulfide) groups is 1. The molecule has 32 heavy (non-hydrogen) atoms. The van der Waals surface area contributed by atoms with Gasteiger partial charge < -0.3 is 10.2 Å². The number of nitrogens with zero attached hydrogens (tertiary/aromatic N) is 1. The van der Waals surface area contributed by atoms with E-state index in [0.717, 1.165) is 31.2 Å². The largest absolute Gasteiger partial charge is 0.350 e. The smallest absolute Gasteiger partial charge is 0.260 e. The number of carbonyl (C=O) groups is 2. The number of fused-ring (bicyclic) bond motifs is 1. The first-order chi connectivity index (χ1) is 15.4. The lowest BCUT2D eigenvalue weighted by Gasteiger charge is -2.44. The van der Waals surface area contributed by atoms with Crippen molar-refractivity contribution in [1.29, 1.82) is 0 Å². The number of benzene rings is 2. The first kappa shape index (κ1) is 22.6. The molecule has 2 atom stereocenters. The van der Waals surface area contributed by atoms with E-state index in [-0.39, 0.29) is 29.7 Å². The van der Waals surface area contributed by atoms with Crippen LogP contribution in [0.25, 0.3) is 6.08 Å². The van der Waals surface area contributed by atoms with Crippen molar-refractivity contribution in [3.05, 3.63) is 75.9 Å². The van der Waals surface area contributed by atoms with Crippen molar-refractivity contribution in [2.75, 3.05) is 0 Å². The van der Waals surface area contributed by atoms with E-state index in [4.69, 9.17) is 0 Å². The lowest BCUT2D eigenvalue weighted by molar-refractivity contribution is -0.130. The highest BCUT2D eigenvalue weighted by Gasteiger charge is 2.40. The summed E-state index contributed by atoms with van der Waals surface area (Å²) in [6, 6.07) is 14.2. The van der Waals surface area contributed by atoms with Crippen LogP contribution >= 0.6 is 11.8 Å². The van der Waals surface area contributed by atoms with Crippen LogP contribution in [0.5, 0.6) is 0 Å². The fraction of sp³-hybridized carbons (Fsp3) is 0.385. The summed E-state index contributed by atoms with van der Waals surface area (Å²) < 4.78 is 14.3. The molecule has 1 heterocycles. The number of halogens is 1. The molecule has 1 aliphatic carbocycles. The maximum Gasteiger partial charge on any atom is 0.260 e. The third-order valence-corrected chi connectivity index (χ3v) is 7.41. The zero-order valence-electron chi connectivity index (χ0n) is 18.5. The normalized spacial score (nSPS) is 22.2. The highest BCUT2D eigenvalue weighted by Crippen LogP contribution is 2.42. The molecule has 6 heteroatoms. The van der Waals surface area contributed by atoms with Crippen molar-refractivity contribution >= 4 is 29.7 Å². The van der Waals surface area contributed by atoms with Crippen LogP contribution in [0.4, 0.5) is 4.39 Å². The first-order valence-electron chi connectivity index (χ1n) is 11.3. The second kappa shape index (κ2) is 9.90. The Balaban J connectivity index is 1.58. The van der Waals surface area contributed by atoms with Gasteiger partial charge in [0.2, 0.25) is 0 Å². The lowest BCUT2D eigenvalue weighted by Crippen LogP contribution is -2.50. The van der Waals surface area contributed by atoms with E-state index >= 15 is 0 Å². The molecule has 0 aromatic heterocycles. The van der Waals surface area contributed by atoms with Crippen molar-refractivity contribution in [3.8, 4) is 0 Å². The minimum atomic E-state index is -0.272. The quantitative estimate of drug-likeness (QED) is 0.619. The summed E-state index contributed by atoms with van der Waals surface area (Å²) in [6.45, 7) is 4.14. The Morgan fingerprint density at radius 3 is 2.59 bits per heavy atom. The Hall–Kier alpha value is -2.60. The molecule has 2 aliphatic rings. The van der Waals surface area contributed by atoms with Gasteiger partial charge in [-0.05, 0) is 56.5 Å². The fourth-order valence-electron chi connectivity index (χ4n) is 4.40. The molecule has 2 unspecified atom stereocenters. The SMILES string of the molecule is CC(C)NC(=O)c1ccc(/C=C2\SC3CCCCC3N(Cc3ccccc3F)C2=O)cc1. The average molecular weight is 453 g/mol. The van der Waals surface area contributed by atoms with Crippen LogP contribution in [-0.2, 0) is 11.3 Å². The molecule has 2 fully saturated rings. The van der Waals surface area contributed by atoms with Gasteiger partial charge >= 0.3 is 0 Å². The van der Waals surface area contributed by atoms with E-state index in [9.17, 15) is 14.0 Å². The van der Waals surface area contributed by atoms with Gasteiger partial charge in [0.25, 0.3) is 11.8 Å². The summed E-state index contributed by atoms with van der Waals surface area (Å²) in [6.07, 6.45) is 6.17. The second-order valence-corrected chi connectivity index (χ2v) is 10.1. The standard InChI is InChI=1S/C26H29FN2O2S/c1-17(2)28-25(30)19-13-11-18(12-14-19)15-24-26(31)29(16-20-7-3-4-8-21(20)27)22-9-5-6-10-23(22)32-24/h3-4,7-8,11-15,17,22-23H,5-6,9-10,16H2,1-2H3,(H,28,30)/b24-15-. The highest BCUT2D eigenvalue weighted by molar-refractivity contribution is 8.04. The minimum absolute atomic E-state index is 0.0389. The van der Waals surface area contributed by atoms with E-state index < -0.39 is 0 Å². The van der Waals surface area contributed by atoms with Gasteiger partial charge in [0.05, 0.1) is 4.91 Å². The molecule has 2 aromatic rings. The van der Waals surface area contributed by atoms with Gasteiger partial charge in [-0.1, -0.05) is 43.2 Å². The summed E-state index contributed by atoms with van der Waals surface area (Å²) >= 11 is 1.65. The molecule has 4 nitrogen and oxygen atoms in total. The van der Waals surface area contributed by atoms with Crippen molar-refractivity contribution in [2.24, 2.45) is 0 Å². The van der Waals surface area contributed by atoms with Gasteiger partial charge in [0.15, 0.2) is 0 Å². The Bertz CT molecular complexity index is 1020. The van der Waals surface area contributed by atoms with Crippen LogP contribution in [0.1, 0.15) is 61.0 Å². The molecule has 2 aromatic carbocycles. The molecule has 168 valence electrons. The Morgan fingerprint density at radius 1 is 1.16 bits per heavy atom. The zero-order valence-corrected chi connectivity index (χ0v) is 19.3. The van der Waals surface area contributed by atoms with Crippen LogP contribution in [0, 0.1) is 5.82 Å². The zero-order chi connectivity index (χ0) is 22.7. The van der Waals surface area contributed by atoms with E-state index in [1.54, 1.807) is 36.0 Å². The van der Waals surface area contributed by atoms with Crippen molar-refractivity contribution in [1.82, 2.24) is 10.2 Å². The predicted octanol–water partition coefficient (Wildman–Crippen LogP) is 5.39. The van der Waals surface area contributed by atoms with Crippen LogP contribution in [0.2, 0.25) is 0 Å². The molecular weight excluding hydrogens is 423 g/mol. The summed E-state index contributed by atoms with van der Waals surface area (Å²) in [5.41, 5.74) is 2.02. The van der Waals surface area contributed by atoms with Gasteiger partial charge in [0, 0.05) is 35.0 Å². The highest BCUT2D eigenvalue weighted by atomic mass is 32.2. The van der Waals surface area contributed by atoms with Gasteiger partial charge in [-0.15, -0.1) is 11.8 Å². The average Bonchev–Trinajstić information content (AvgIpc) is 2.78. The Kier molecular flexibility index (Phi) is 6.99. The lowest BCUT2D eigenvalue weighted by atomic mass is 9.92. The molecule has 0 radical (unpaired) electrons. The molecule has 1 saturated carbocycles. The van der Waals surface area contributed by atoms with E-state index in [1.807, 2.05) is 43.0 Å². The van der Waals surface area contributed by atoms with Gasteiger partial charge in [-0.3, -0.25) is 9.59 Å². The van der Waals surface area contributed by atoms with Crippen molar-refractivity contribution < 1.29 is 14.0 Å². The number of carbonyl (C=O) groups excluding carboxylic acids is 2. The maximum atomic E-state index is 14.3. The molecule has 0 spiro atoms. The molecule has 0 bridgehead atoms. The number of hydrogen-bond donors (Lipinski definition) is 1. The fourth-order valence-corrected chi connectivity index (χ4v) is 5.87. The summed E-state index contributed by atoms with van der Waals surface area (Å²) in [7, 11) is 0. The van der Waals surface area contributed by atoms with Crippen LogP contribution in [-0.4, -0.2) is 34.0 Å². The third-order valence-electron chi connectivity index (χ3n) is 6.01. The molecular formula is C26H29FN2O2S. The number of rotatable bonds is 5. The minimum Gasteiger partial charge on any atom is -0.350 e. The van der Waals surface area contributed by atoms with E-state index in [0.29, 0.717) is 27.8 Å². The van der Waals surface area contributed by atoms with Crippen LogP contribution < -0.4 is 5.32 Å². The summed E-state index contributed by atoms with van der Waals surface area (Å²) in [4.78, 5) is 28.2. The van der Waals surface area contributed by atoms with Gasteiger partial charge in [-0.2, -0.15) is 0 Å². The first-order valence-corrected chi connectivity index (χ1v) is 12.1. The van der Waals surface area contributed by atoms with E-state index in [1.165, 1.54) is 6.07 Å². The number of hydrogen-bond acceptors (Lipinski definition) is 3. The number of amides is 2. The predicted molar refractivity (Wildman–Crippen MR) is 128 cm³/mol. The third kappa shape index (κ3) is 5.07. The second-order valence-electron chi connectivity index (χ2n) is 8.79. The van der Waals surface area contributed by atoms with Crippen LogP contribution in [0.15, 0.2) is 53.4 Å².